The van der Waals surface area contributed by atoms with Crippen LogP contribution in [0.2, 0.25) is 5.15 Å². The maximum Gasteiger partial charge on any atom is 0.191 e. The lowest BCUT2D eigenvalue weighted by Gasteiger charge is -2.28. The van der Waals surface area contributed by atoms with Gasteiger partial charge < -0.3 is 10.6 Å². The van der Waals surface area contributed by atoms with Gasteiger partial charge in [-0.15, -0.1) is 0 Å². The summed E-state index contributed by atoms with van der Waals surface area (Å²) in [7, 11) is 1.79. The number of guanidine groups is 1. The van der Waals surface area contributed by atoms with Crippen molar-refractivity contribution in [3.8, 4) is 0 Å². The molecule has 0 aliphatic heterocycles. The number of nitrogens with one attached hydrogen (secondary N) is 2. The molecule has 4 nitrogen and oxygen atoms in total. The second-order valence-corrected chi connectivity index (χ2v) is 7.18. The van der Waals surface area contributed by atoms with Gasteiger partial charge in [0, 0.05) is 31.7 Å². The fraction of sp³-hybridized carbons (Fsp3) is 0.400. The Kier molecular flexibility index (Phi) is 6.82. The van der Waals surface area contributed by atoms with Crippen molar-refractivity contribution in [2.75, 3.05) is 20.1 Å². The van der Waals surface area contributed by atoms with E-state index in [4.69, 9.17) is 11.6 Å². The first-order valence-corrected chi connectivity index (χ1v) is 8.91. The van der Waals surface area contributed by atoms with Crippen LogP contribution in [0.25, 0.3) is 0 Å². The normalized spacial score (nSPS) is 12.1. The van der Waals surface area contributed by atoms with Gasteiger partial charge in [0.2, 0.25) is 0 Å². The van der Waals surface area contributed by atoms with Crippen molar-refractivity contribution in [3.63, 3.8) is 0 Å². The van der Waals surface area contributed by atoms with Crippen LogP contribution >= 0.6 is 11.6 Å². The van der Waals surface area contributed by atoms with E-state index >= 15 is 0 Å². The lowest BCUT2D eigenvalue weighted by atomic mass is 9.82. The van der Waals surface area contributed by atoms with Crippen LogP contribution in [0.3, 0.4) is 0 Å². The number of nitrogens with zero attached hydrogens (tertiary/aromatic N) is 2. The molecule has 25 heavy (non-hydrogen) atoms. The zero-order valence-electron chi connectivity index (χ0n) is 15.4. The topological polar surface area (TPSA) is 49.3 Å². The molecule has 0 radical (unpaired) electrons. The van der Waals surface area contributed by atoms with Gasteiger partial charge in [0.05, 0.1) is 0 Å². The number of aliphatic imine (C=N–C) groups is 1. The Hall–Kier alpha value is -2.07. The van der Waals surface area contributed by atoms with Gasteiger partial charge in [0.25, 0.3) is 0 Å². The van der Waals surface area contributed by atoms with Crippen molar-refractivity contribution in [3.05, 3.63) is 64.4 Å². The Morgan fingerprint density at radius 2 is 1.92 bits per heavy atom. The summed E-state index contributed by atoms with van der Waals surface area (Å²) in [6.07, 6.45) is 2.67. The lowest BCUT2D eigenvalue weighted by molar-refractivity contribution is 0.506. The van der Waals surface area contributed by atoms with E-state index in [0.29, 0.717) is 5.15 Å². The smallest absolute Gasteiger partial charge is 0.191 e. The average molecular weight is 359 g/mol. The monoisotopic (exact) mass is 358 g/mol. The van der Waals surface area contributed by atoms with E-state index in [0.717, 1.165) is 31.0 Å². The number of halogens is 1. The number of aromatic nitrogens is 1. The summed E-state index contributed by atoms with van der Waals surface area (Å²) >= 11 is 5.81. The molecule has 0 saturated carbocycles. The van der Waals surface area contributed by atoms with Crippen LogP contribution < -0.4 is 10.6 Å². The van der Waals surface area contributed by atoms with Crippen molar-refractivity contribution >= 4 is 17.6 Å². The van der Waals surface area contributed by atoms with Crippen molar-refractivity contribution in [2.24, 2.45) is 4.99 Å². The van der Waals surface area contributed by atoms with Crippen LogP contribution in [0, 0.1) is 6.92 Å². The Morgan fingerprint density at radius 3 is 2.56 bits per heavy atom. The summed E-state index contributed by atoms with van der Waals surface area (Å²) in [5, 5.41) is 7.30. The van der Waals surface area contributed by atoms with Crippen molar-refractivity contribution in [1.29, 1.82) is 0 Å². The number of rotatable bonds is 6. The van der Waals surface area contributed by atoms with E-state index in [2.05, 4.69) is 65.6 Å². The third-order valence-corrected chi connectivity index (χ3v) is 4.51. The van der Waals surface area contributed by atoms with Gasteiger partial charge in [-0.1, -0.05) is 55.8 Å². The van der Waals surface area contributed by atoms with Crippen molar-refractivity contribution in [1.82, 2.24) is 15.6 Å². The highest BCUT2D eigenvalue weighted by molar-refractivity contribution is 6.29. The van der Waals surface area contributed by atoms with Gasteiger partial charge in [0.1, 0.15) is 5.15 Å². The highest BCUT2D eigenvalue weighted by Crippen LogP contribution is 2.25. The highest BCUT2D eigenvalue weighted by atomic mass is 35.5. The molecule has 0 amide bonds. The van der Waals surface area contributed by atoms with Crippen LogP contribution in [-0.2, 0) is 11.8 Å². The van der Waals surface area contributed by atoms with E-state index in [9.17, 15) is 0 Å². The van der Waals surface area contributed by atoms with E-state index in [-0.39, 0.29) is 5.41 Å². The van der Waals surface area contributed by atoms with E-state index in [1.807, 2.05) is 18.3 Å². The molecule has 0 unspecified atom stereocenters. The molecule has 0 bridgehead atoms. The van der Waals surface area contributed by atoms with Crippen LogP contribution in [0.5, 0.6) is 0 Å². The van der Waals surface area contributed by atoms with Gasteiger partial charge in [0.15, 0.2) is 5.96 Å². The van der Waals surface area contributed by atoms with E-state index < -0.39 is 0 Å². The van der Waals surface area contributed by atoms with E-state index in [1.54, 1.807) is 7.05 Å². The quantitative estimate of drug-likeness (QED) is 0.470. The summed E-state index contributed by atoms with van der Waals surface area (Å²) in [4.78, 5) is 8.41. The zero-order valence-corrected chi connectivity index (χ0v) is 16.2. The molecular formula is C20H27ClN4. The molecule has 2 aromatic rings. The fourth-order valence-electron chi connectivity index (χ4n) is 2.83. The molecule has 5 heteroatoms. The summed E-state index contributed by atoms with van der Waals surface area (Å²) in [5.41, 5.74) is 3.83. The Morgan fingerprint density at radius 1 is 1.16 bits per heavy atom. The summed E-state index contributed by atoms with van der Waals surface area (Å²) in [5.74, 6) is 0.809. The SMILES string of the molecule is CN=C(NCCc1ccc(Cl)nc1)NCC(C)(C)c1ccccc1C. The van der Waals surface area contributed by atoms with Gasteiger partial charge in [-0.2, -0.15) is 0 Å². The standard InChI is InChI=1S/C20H27ClN4/c1-15-7-5-6-8-17(15)20(2,3)14-25-19(22-4)23-12-11-16-9-10-18(21)24-13-16/h5-10,13H,11-12,14H2,1-4H3,(H2,22,23,25). The lowest BCUT2D eigenvalue weighted by Crippen LogP contribution is -2.44. The highest BCUT2D eigenvalue weighted by Gasteiger charge is 2.22. The van der Waals surface area contributed by atoms with Crippen LogP contribution in [0.4, 0.5) is 0 Å². The van der Waals surface area contributed by atoms with Crippen LogP contribution in [0.1, 0.15) is 30.5 Å². The third-order valence-electron chi connectivity index (χ3n) is 4.29. The third kappa shape index (κ3) is 5.75. The Labute approximate surface area is 155 Å². The molecule has 0 atom stereocenters. The van der Waals surface area contributed by atoms with Crippen molar-refractivity contribution in [2.45, 2.75) is 32.6 Å². The van der Waals surface area contributed by atoms with Gasteiger partial charge in [-0.3, -0.25) is 4.99 Å². The first-order chi connectivity index (χ1) is 11.9. The Balaban J connectivity index is 1.85. The number of hydrogen-bond acceptors (Lipinski definition) is 2. The molecule has 0 spiro atoms. The molecule has 2 rings (SSSR count). The summed E-state index contributed by atoms with van der Waals surface area (Å²) in [6.45, 7) is 8.24. The molecule has 0 aliphatic rings. The number of aryl methyl sites for hydroxylation is 1. The van der Waals surface area contributed by atoms with Gasteiger partial charge >= 0.3 is 0 Å². The van der Waals surface area contributed by atoms with Crippen molar-refractivity contribution < 1.29 is 0 Å². The molecule has 0 aliphatic carbocycles. The van der Waals surface area contributed by atoms with Crippen LogP contribution in [0.15, 0.2) is 47.6 Å². The predicted octanol–water partition coefficient (Wildman–Crippen LogP) is 3.73. The second-order valence-electron chi connectivity index (χ2n) is 6.79. The molecule has 2 N–H and O–H groups in total. The van der Waals surface area contributed by atoms with Gasteiger partial charge in [-0.05, 0) is 36.1 Å². The maximum absolute atomic E-state index is 5.81. The molecular weight excluding hydrogens is 332 g/mol. The fourth-order valence-corrected chi connectivity index (χ4v) is 2.94. The molecule has 1 aromatic heterocycles. The number of benzene rings is 1. The summed E-state index contributed by atoms with van der Waals surface area (Å²) in [6, 6.07) is 12.3. The molecule has 134 valence electrons. The predicted molar refractivity (Wildman–Crippen MR) is 107 cm³/mol. The zero-order chi connectivity index (χ0) is 18.3. The molecule has 0 saturated heterocycles. The van der Waals surface area contributed by atoms with Crippen LogP contribution in [-0.4, -0.2) is 31.1 Å². The first kappa shape index (κ1) is 19.3. The minimum Gasteiger partial charge on any atom is -0.356 e. The maximum atomic E-state index is 5.81. The minimum atomic E-state index is 0.0169. The number of hydrogen-bond donors (Lipinski definition) is 2. The molecule has 0 fully saturated rings. The summed E-state index contributed by atoms with van der Waals surface area (Å²) < 4.78 is 0. The number of pyridine rings is 1. The minimum absolute atomic E-state index is 0.0169. The first-order valence-electron chi connectivity index (χ1n) is 8.53. The molecule has 1 heterocycles. The largest absolute Gasteiger partial charge is 0.356 e. The Bertz CT molecular complexity index is 708. The van der Waals surface area contributed by atoms with Gasteiger partial charge in [-0.25, -0.2) is 4.98 Å². The van der Waals surface area contributed by atoms with E-state index in [1.165, 1.54) is 11.1 Å². The molecule has 1 aromatic carbocycles. The average Bonchev–Trinajstić information content (AvgIpc) is 2.59. The second kappa shape index (κ2) is 8.86.